The summed E-state index contributed by atoms with van der Waals surface area (Å²) >= 11 is 0. The zero-order chi connectivity index (χ0) is 16.6. The van der Waals surface area contributed by atoms with Gasteiger partial charge in [-0.05, 0) is 26.8 Å². The molecule has 0 aliphatic rings. The molecule has 0 unspecified atom stereocenters. The molecule has 1 amide bonds. The number of hydrogen-bond acceptors (Lipinski definition) is 5. The molecule has 6 heteroatoms. The summed E-state index contributed by atoms with van der Waals surface area (Å²) in [5, 5.41) is 2.60. The van der Waals surface area contributed by atoms with Gasteiger partial charge in [-0.1, -0.05) is 18.2 Å². The second kappa shape index (κ2) is 8.26. The zero-order valence-corrected chi connectivity index (χ0v) is 13.5. The first-order valence-electron chi connectivity index (χ1n) is 7.06. The number of methoxy groups -OCH3 is 1. The molecule has 0 atom stereocenters. The van der Waals surface area contributed by atoms with Crippen LogP contribution >= 0.6 is 0 Å². The van der Waals surface area contributed by atoms with Crippen LogP contribution in [0.1, 0.15) is 26.3 Å². The molecule has 0 spiro atoms. The second-order valence-electron chi connectivity index (χ2n) is 5.64. The molecule has 1 rings (SSSR count). The Hall–Kier alpha value is -2.24. The van der Waals surface area contributed by atoms with Gasteiger partial charge in [0.15, 0.2) is 0 Å². The number of hydrogen-bond donors (Lipinski definition) is 1. The molecule has 1 N–H and O–H groups in total. The molecule has 0 aliphatic carbocycles. The van der Waals surface area contributed by atoms with E-state index in [1.165, 1.54) is 7.11 Å². The van der Waals surface area contributed by atoms with Crippen LogP contribution in [-0.2, 0) is 20.7 Å². The van der Waals surface area contributed by atoms with Crippen molar-refractivity contribution in [1.82, 2.24) is 5.32 Å². The predicted molar refractivity (Wildman–Crippen MR) is 81.9 cm³/mol. The van der Waals surface area contributed by atoms with E-state index in [4.69, 9.17) is 9.47 Å². The molecule has 0 saturated heterocycles. The lowest BCUT2D eigenvalue weighted by Gasteiger charge is -2.19. The lowest BCUT2D eigenvalue weighted by Crippen LogP contribution is -2.34. The molecule has 0 bridgehead atoms. The van der Waals surface area contributed by atoms with Gasteiger partial charge in [0.2, 0.25) is 0 Å². The molecule has 0 radical (unpaired) electrons. The molecular weight excluding hydrogens is 286 g/mol. The Morgan fingerprint density at radius 2 is 1.86 bits per heavy atom. The molecule has 0 fully saturated rings. The summed E-state index contributed by atoms with van der Waals surface area (Å²) in [6.45, 7) is 5.98. The topological polar surface area (TPSA) is 73.9 Å². The zero-order valence-electron chi connectivity index (χ0n) is 13.5. The van der Waals surface area contributed by atoms with E-state index in [-0.39, 0.29) is 19.0 Å². The average molecular weight is 309 g/mol. The van der Waals surface area contributed by atoms with E-state index in [2.05, 4.69) is 10.1 Å². The summed E-state index contributed by atoms with van der Waals surface area (Å²) in [5.74, 6) is 0.266. The van der Waals surface area contributed by atoms with Crippen LogP contribution in [0.2, 0.25) is 0 Å². The number of benzene rings is 1. The number of alkyl carbamates (subject to hydrolysis) is 1. The normalized spacial score (nSPS) is 10.7. The summed E-state index contributed by atoms with van der Waals surface area (Å²) < 4.78 is 15.3. The molecule has 1 aromatic carbocycles. The van der Waals surface area contributed by atoms with Crippen molar-refractivity contribution in [1.29, 1.82) is 0 Å². The van der Waals surface area contributed by atoms with Crippen molar-refractivity contribution in [2.24, 2.45) is 0 Å². The van der Waals surface area contributed by atoms with Crippen LogP contribution in [0.3, 0.4) is 0 Å². The third-order valence-electron chi connectivity index (χ3n) is 2.56. The van der Waals surface area contributed by atoms with Crippen molar-refractivity contribution in [3.63, 3.8) is 0 Å². The summed E-state index contributed by atoms with van der Waals surface area (Å²) in [6.07, 6.45) is -0.342. The Labute approximate surface area is 130 Å². The number of ether oxygens (including phenoxy) is 3. The minimum Gasteiger partial charge on any atom is -0.491 e. The highest BCUT2D eigenvalue weighted by Crippen LogP contribution is 2.18. The highest BCUT2D eigenvalue weighted by atomic mass is 16.6. The molecule has 0 aromatic heterocycles. The quantitative estimate of drug-likeness (QED) is 0.645. The summed E-state index contributed by atoms with van der Waals surface area (Å²) in [4.78, 5) is 22.8. The van der Waals surface area contributed by atoms with Crippen LogP contribution in [0.25, 0.3) is 0 Å². The van der Waals surface area contributed by atoms with E-state index >= 15 is 0 Å². The van der Waals surface area contributed by atoms with Gasteiger partial charge < -0.3 is 19.5 Å². The molecule has 1 aromatic rings. The first-order chi connectivity index (χ1) is 10.3. The van der Waals surface area contributed by atoms with E-state index in [9.17, 15) is 9.59 Å². The Kier molecular flexibility index (Phi) is 6.69. The van der Waals surface area contributed by atoms with E-state index in [1.54, 1.807) is 32.9 Å². The maximum absolute atomic E-state index is 11.5. The molecule has 0 saturated carbocycles. The van der Waals surface area contributed by atoms with Gasteiger partial charge in [0, 0.05) is 5.56 Å². The fourth-order valence-corrected chi connectivity index (χ4v) is 1.65. The highest BCUT2D eigenvalue weighted by Gasteiger charge is 2.15. The lowest BCUT2D eigenvalue weighted by atomic mass is 10.1. The highest BCUT2D eigenvalue weighted by molar-refractivity contribution is 5.73. The summed E-state index contributed by atoms with van der Waals surface area (Å²) in [6, 6.07) is 7.21. The minimum atomic E-state index is -0.530. The number of para-hydroxylation sites is 1. The monoisotopic (exact) mass is 309 g/mol. The average Bonchev–Trinajstić information content (AvgIpc) is 2.43. The molecular formula is C16H23NO5. The third kappa shape index (κ3) is 6.97. The number of rotatable bonds is 6. The predicted octanol–water partition coefficient (Wildman–Crippen LogP) is 2.31. The lowest BCUT2D eigenvalue weighted by molar-refractivity contribution is -0.139. The third-order valence-corrected chi connectivity index (χ3v) is 2.56. The Morgan fingerprint density at radius 1 is 1.18 bits per heavy atom. The van der Waals surface area contributed by atoms with Crippen molar-refractivity contribution in [3.05, 3.63) is 29.8 Å². The molecule has 122 valence electrons. The number of carbonyl (C=O) groups is 2. The van der Waals surface area contributed by atoms with Gasteiger partial charge in [-0.15, -0.1) is 0 Å². The maximum Gasteiger partial charge on any atom is 0.407 e. The molecule has 0 aliphatic heterocycles. The number of nitrogens with one attached hydrogen (secondary N) is 1. The van der Waals surface area contributed by atoms with Crippen molar-refractivity contribution in [2.45, 2.75) is 32.8 Å². The SMILES string of the molecule is COC(=O)Cc1ccccc1OCCNC(=O)OC(C)(C)C. The van der Waals surface area contributed by atoms with Crippen molar-refractivity contribution >= 4 is 12.1 Å². The van der Waals surface area contributed by atoms with Gasteiger partial charge in [-0.25, -0.2) is 4.79 Å². The van der Waals surface area contributed by atoms with Gasteiger partial charge in [-0.2, -0.15) is 0 Å². The Bertz CT molecular complexity index is 508. The van der Waals surface area contributed by atoms with Crippen LogP contribution in [0.5, 0.6) is 5.75 Å². The Balaban J connectivity index is 2.42. The van der Waals surface area contributed by atoms with Crippen molar-refractivity contribution in [2.75, 3.05) is 20.3 Å². The molecule has 22 heavy (non-hydrogen) atoms. The van der Waals surface area contributed by atoms with E-state index in [0.29, 0.717) is 12.3 Å². The fourth-order valence-electron chi connectivity index (χ4n) is 1.65. The van der Waals surface area contributed by atoms with Crippen molar-refractivity contribution in [3.8, 4) is 5.75 Å². The van der Waals surface area contributed by atoms with Gasteiger partial charge in [0.25, 0.3) is 0 Å². The second-order valence-corrected chi connectivity index (χ2v) is 5.64. The number of amides is 1. The van der Waals surface area contributed by atoms with Crippen molar-refractivity contribution < 1.29 is 23.8 Å². The van der Waals surface area contributed by atoms with Gasteiger partial charge >= 0.3 is 12.1 Å². The summed E-state index contributed by atoms with van der Waals surface area (Å²) in [5.41, 5.74) is 0.213. The largest absolute Gasteiger partial charge is 0.491 e. The van der Waals surface area contributed by atoms with E-state index in [1.807, 2.05) is 12.1 Å². The molecule has 6 nitrogen and oxygen atoms in total. The van der Waals surface area contributed by atoms with E-state index in [0.717, 1.165) is 5.56 Å². The fraction of sp³-hybridized carbons (Fsp3) is 0.500. The first-order valence-corrected chi connectivity index (χ1v) is 7.06. The van der Waals surface area contributed by atoms with Crippen LogP contribution in [0.4, 0.5) is 4.79 Å². The van der Waals surface area contributed by atoms with Crippen LogP contribution in [-0.4, -0.2) is 37.9 Å². The van der Waals surface area contributed by atoms with Gasteiger partial charge in [-0.3, -0.25) is 4.79 Å². The van der Waals surface area contributed by atoms with Gasteiger partial charge in [0.1, 0.15) is 18.0 Å². The van der Waals surface area contributed by atoms with Crippen LogP contribution in [0.15, 0.2) is 24.3 Å². The van der Waals surface area contributed by atoms with Gasteiger partial charge in [0.05, 0.1) is 20.1 Å². The smallest absolute Gasteiger partial charge is 0.407 e. The first kappa shape index (κ1) is 17.8. The minimum absolute atomic E-state index is 0.145. The number of carbonyl (C=O) groups excluding carboxylic acids is 2. The van der Waals surface area contributed by atoms with Crippen LogP contribution < -0.4 is 10.1 Å². The van der Waals surface area contributed by atoms with E-state index < -0.39 is 11.7 Å². The van der Waals surface area contributed by atoms with Crippen LogP contribution in [0, 0.1) is 0 Å². The standard InChI is InChI=1S/C16H23NO5/c1-16(2,3)22-15(19)17-9-10-21-13-8-6-5-7-12(13)11-14(18)20-4/h5-8H,9-11H2,1-4H3,(H,17,19). The summed E-state index contributed by atoms with van der Waals surface area (Å²) in [7, 11) is 1.34. The maximum atomic E-state index is 11.5. The number of esters is 1. The Morgan fingerprint density at radius 3 is 2.50 bits per heavy atom. The molecule has 0 heterocycles.